The molecule has 0 N–H and O–H groups in total. The molecule has 0 aromatic carbocycles. The van der Waals surface area contributed by atoms with Gasteiger partial charge in [-0.3, -0.25) is 9.78 Å². The third kappa shape index (κ3) is 3.66. The lowest BCUT2D eigenvalue weighted by Crippen LogP contribution is -2.02. The number of Topliss-reactive ketones (excluding diaryl/α,β-unsaturated/α-hetero) is 1. The number of rotatable bonds is 6. The fourth-order valence-corrected chi connectivity index (χ4v) is 1.40. The Morgan fingerprint density at radius 1 is 1.47 bits per heavy atom. The number of hydrogen-bond acceptors (Lipinski definition) is 2. The molecule has 80 valence electrons. The Balaban J connectivity index is 2.50. The highest BCUT2D eigenvalue weighted by Gasteiger charge is 2.09. The van der Waals surface area contributed by atoms with Gasteiger partial charge in [0.2, 0.25) is 0 Å². The Bertz CT molecular complexity index is 330. The van der Waals surface area contributed by atoms with Gasteiger partial charge >= 0.3 is 0 Å². The molecule has 1 rings (SSSR count). The number of ketones is 1. The van der Waals surface area contributed by atoms with Crippen LogP contribution in [0.2, 0.25) is 0 Å². The second-order valence-corrected chi connectivity index (χ2v) is 3.63. The number of allylic oxidation sites excluding steroid dienone is 1. The molecule has 0 fully saturated rings. The maximum atomic E-state index is 11.8. The van der Waals surface area contributed by atoms with Crippen molar-refractivity contribution >= 4 is 5.78 Å². The molecule has 1 aromatic rings. The summed E-state index contributed by atoms with van der Waals surface area (Å²) in [5.41, 5.74) is 1.33. The van der Waals surface area contributed by atoms with Crippen molar-refractivity contribution in [3.05, 3.63) is 42.2 Å². The molecule has 0 aliphatic rings. The van der Waals surface area contributed by atoms with E-state index in [1.54, 1.807) is 24.5 Å². The zero-order valence-corrected chi connectivity index (χ0v) is 9.20. The summed E-state index contributed by atoms with van der Waals surface area (Å²) in [6, 6.07) is 3.55. The number of carbonyl (C=O) groups is 1. The molecule has 0 unspecified atom stereocenters. The van der Waals surface area contributed by atoms with E-state index in [0.717, 1.165) is 25.7 Å². The van der Waals surface area contributed by atoms with Gasteiger partial charge in [0.25, 0.3) is 0 Å². The first-order valence-corrected chi connectivity index (χ1v) is 5.38. The molecule has 0 aliphatic heterocycles. The lowest BCUT2D eigenvalue weighted by Gasteiger charge is -2.03. The summed E-state index contributed by atoms with van der Waals surface area (Å²) >= 11 is 0. The summed E-state index contributed by atoms with van der Waals surface area (Å²) in [5.74, 6) is 0.0270. The highest BCUT2D eigenvalue weighted by molar-refractivity contribution is 6.07. The first kappa shape index (κ1) is 11.6. The quantitative estimate of drug-likeness (QED) is 0.403. The Morgan fingerprint density at radius 3 is 2.87 bits per heavy atom. The SMILES string of the molecule is C=C(CCCCC)C(=O)c1cccnc1. The van der Waals surface area contributed by atoms with E-state index in [1.807, 2.05) is 0 Å². The van der Waals surface area contributed by atoms with Crippen LogP contribution in [-0.2, 0) is 0 Å². The number of aromatic nitrogens is 1. The van der Waals surface area contributed by atoms with Gasteiger partial charge in [-0.25, -0.2) is 0 Å². The average molecular weight is 203 g/mol. The van der Waals surface area contributed by atoms with Crippen molar-refractivity contribution < 1.29 is 4.79 Å². The fourth-order valence-electron chi connectivity index (χ4n) is 1.40. The van der Waals surface area contributed by atoms with Crippen LogP contribution in [0.1, 0.15) is 43.0 Å². The van der Waals surface area contributed by atoms with Crippen LogP contribution in [0, 0.1) is 0 Å². The second-order valence-electron chi connectivity index (χ2n) is 3.63. The summed E-state index contributed by atoms with van der Waals surface area (Å²) in [6.07, 6.45) is 7.40. The molecule has 1 aromatic heterocycles. The number of pyridine rings is 1. The van der Waals surface area contributed by atoms with Crippen molar-refractivity contribution in [2.75, 3.05) is 0 Å². The monoisotopic (exact) mass is 203 g/mol. The molecule has 0 radical (unpaired) electrons. The fraction of sp³-hybridized carbons (Fsp3) is 0.385. The van der Waals surface area contributed by atoms with Crippen LogP contribution in [0.4, 0.5) is 0 Å². The van der Waals surface area contributed by atoms with E-state index in [-0.39, 0.29) is 5.78 Å². The normalized spacial score (nSPS) is 9.93. The van der Waals surface area contributed by atoms with Gasteiger partial charge in [-0.15, -0.1) is 0 Å². The van der Waals surface area contributed by atoms with Gasteiger partial charge < -0.3 is 0 Å². The third-order valence-electron chi connectivity index (χ3n) is 2.33. The molecule has 0 saturated carbocycles. The van der Waals surface area contributed by atoms with Gasteiger partial charge in [-0.1, -0.05) is 26.3 Å². The smallest absolute Gasteiger partial charge is 0.189 e. The van der Waals surface area contributed by atoms with Crippen molar-refractivity contribution in [1.29, 1.82) is 0 Å². The maximum absolute atomic E-state index is 11.8. The molecule has 2 nitrogen and oxygen atoms in total. The highest BCUT2D eigenvalue weighted by atomic mass is 16.1. The maximum Gasteiger partial charge on any atom is 0.189 e. The topological polar surface area (TPSA) is 30.0 Å². The standard InChI is InChI=1S/C13H17NO/c1-3-4-5-7-11(2)13(15)12-8-6-9-14-10-12/h6,8-10H,2-5,7H2,1H3. The molecule has 0 spiro atoms. The summed E-state index contributed by atoms with van der Waals surface area (Å²) in [4.78, 5) is 15.7. The van der Waals surface area contributed by atoms with Crippen molar-refractivity contribution in [3.8, 4) is 0 Å². The Morgan fingerprint density at radius 2 is 2.27 bits per heavy atom. The van der Waals surface area contributed by atoms with Gasteiger partial charge in [0.05, 0.1) is 0 Å². The molecule has 1 heterocycles. The number of hydrogen-bond donors (Lipinski definition) is 0. The van der Waals surface area contributed by atoms with Crippen molar-refractivity contribution in [2.24, 2.45) is 0 Å². The zero-order valence-electron chi connectivity index (χ0n) is 9.20. The molecule has 0 atom stereocenters. The van der Waals surface area contributed by atoms with Crippen LogP contribution >= 0.6 is 0 Å². The van der Waals surface area contributed by atoms with Crippen LogP contribution < -0.4 is 0 Å². The minimum atomic E-state index is 0.0270. The molecule has 0 bridgehead atoms. The van der Waals surface area contributed by atoms with E-state index in [2.05, 4.69) is 18.5 Å². The van der Waals surface area contributed by atoms with E-state index in [0.29, 0.717) is 11.1 Å². The van der Waals surface area contributed by atoms with Gasteiger partial charge in [0, 0.05) is 18.0 Å². The number of nitrogens with zero attached hydrogens (tertiary/aromatic N) is 1. The van der Waals surface area contributed by atoms with Crippen LogP contribution in [0.15, 0.2) is 36.7 Å². The van der Waals surface area contributed by atoms with Crippen LogP contribution in [-0.4, -0.2) is 10.8 Å². The molecule has 2 heteroatoms. The van der Waals surface area contributed by atoms with Crippen molar-refractivity contribution in [2.45, 2.75) is 32.6 Å². The highest BCUT2D eigenvalue weighted by Crippen LogP contribution is 2.12. The first-order chi connectivity index (χ1) is 7.25. The van der Waals surface area contributed by atoms with Crippen LogP contribution in [0.5, 0.6) is 0 Å². The minimum absolute atomic E-state index is 0.0270. The Labute approximate surface area is 91.0 Å². The summed E-state index contributed by atoms with van der Waals surface area (Å²) in [7, 11) is 0. The molecule has 15 heavy (non-hydrogen) atoms. The Hall–Kier alpha value is -1.44. The van der Waals surface area contributed by atoms with Gasteiger partial charge in [-0.05, 0) is 30.5 Å². The lowest BCUT2D eigenvalue weighted by molar-refractivity contribution is 0.103. The minimum Gasteiger partial charge on any atom is -0.289 e. The van der Waals surface area contributed by atoms with E-state index in [4.69, 9.17) is 0 Å². The molecule has 0 aliphatic carbocycles. The molecule has 0 amide bonds. The third-order valence-corrected chi connectivity index (χ3v) is 2.33. The lowest BCUT2D eigenvalue weighted by atomic mass is 10.0. The van der Waals surface area contributed by atoms with E-state index >= 15 is 0 Å². The van der Waals surface area contributed by atoms with Gasteiger partial charge in [0.15, 0.2) is 5.78 Å². The molecule has 0 saturated heterocycles. The first-order valence-electron chi connectivity index (χ1n) is 5.38. The largest absolute Gasteiger partial charge is 0.289 e. The molecular formula is C13H17NO. The average Bonchev–Trinajstić information content (AvgIpc) is 2.29. The van der Waals surface area contributed by atoms with E-state index < -0.39 is 0 Å². The summed E-state index contributed by atoms with van der Waals surface area (Å²) in [5, 5.41) is 0. The van der Waals surface area contributed by atoms with Crippen molar-refractivity contribution in [1.82, 2.24) is 4.98 Å². The molecular weight excluding hydrogens is 186 g/mol. The van der Waals surface area contributed by atoms with Crippen LogP contribution in [0.25, 0.3) is 0 Å². The summed E-state index contributed by atoms with van der Waals surface area (Å²) < 4.78 is 0. The van der Waals surface area contributed by atoms with Crippen molar-refractivity contribution in [3.63, 3.8) is 0 Å². The van der Waals surface area contributed by atoms with Crippen LogP contribution in [0.3, 0.4) is 0 Å². The van der Waals surface area contributed by atoms with E-state index in [1.165, 1.54) is 0 Å². The Kier molecular flexibility index (Phi) is 4.75. The van der Waals surface area contributed by atoms with Gasteiger partial charge in [-0.2, -0.15) is 0 Å². The summed E-state index contributed by atoms with van der Waals surface area (Å²) in [6.45, 7) is 5.97. The predicted octanol–water partition coefficient (Wildman–Crippen LogP) is 3.40. The van der Waals surface area contributed by atoms with E-state index in [9.17, 15) is 4.79 Å². The van der Waals surface area contributed by atoms with Gasteiger partial charge in [0.1, 0.15) is 0 Å². The predicted molar refractivity (Wildman–Crippen MR) is 61.8 cm³/mol. The number of carbonyl (C=O) groups excluding carboxylic acids is 1. The zero-order chi connectivity index (χ0) is 11.1. The second kappa shape index (κ2) is 6.12. The number of unbranched alkanes of at least 4 members (excludes halogenated alkanes) is 2.